The summed E-state index contributed by atoms with van der Waals surface area (Å²) in [5.74, 6) is -0.849. The lowest BCUT2D eigenvalue weighted by Gasteiger charge is -2.24. The topological polar surface area (TPSA) is 115 Å². The number of ether oxygens (including phenoxy) is 1. The van der Waals surface area contributed by atoms with E-state index in [1.54, 1.807) is 30.1 Å². The molecule has 3 aromatic rings. The van der Waals surface area contributed by atoms with Crippen LogP contribution in [0.15, 0.2) is 58.1 Å². The number of methoxy groups -OCH3 is 1. The molecule has 10 nitrogen and oxygen atoms in total. The number of hydrogen-bond acceptors (Lipinski definition) is 7. The van der Waals surface area contributed by atoms with E-state index in [0.717, 1.165) is 10.1 Å². The van der Waals surface area contributed by atoms with Crippen LogP contribution in [-0.4, -0.2) is 41.3 Å². The van der Waals surface area contributed by atoms with Crippen molar-refractivity contribution in [3.63, 3.8) is 0 Å². The predicted molar refractivity (Wildman–Crippen MR) is 137 cm³/mol. The van der Waals surface area contributed by atoms with Crippen LogP contribution < -0.4 is 26.8 Å². The predicted octanol–water partition coefficient (Wildman–Crippen LogP) is 2.15. The largest absolute Gasteiger partial charge is 0.469 e. The van der Waals surface area contributed by atoms with Crippen LogP contribution in [0.25, 0.3) is 0 Å². The van der Waals surface area contributed by atoms with E-state index in [2.05, 4.69) is 10.6 Å². The summed E-state index contributed by atoms with van der Waals surface area (Å²) in [7, 11) is 3.01. The van der Waals surface area contributed by atoms with Gasteiger partial charge in [0.15, 0.2) is 0 Å². The molecule has 1 aromatic heterocycles. The van der Waals surface area contributed by atoms with Gasteiger partial charge in [0.25, 0.3) is 5.56 Å². The zero-order valence-corrected chi connectivity index (χ0v) is 20.8. The summed E-state index contributed by atoms with van der Waals surface area (Å²) < 4.78 is 21.4. The zero-order chi connectivity index (χ0) is 26.7. The second-order valence-electron chi connectivity index (χ2n) is 8.79. The number of benzene rings is 2. The number of aromatic nitrogens is 2. The highest BCUT2D eigenvalue weighted by molar-refractivity contribution is 5.88. The van der Waals surface area contributed by atoms with E-state index in [1.165, 1.54) is 36.8 Å². The standard InChI is InChI=1S/C26H28FN5O5/c1-16(33)28-19-10-8-17(9-11-19)14-21-29-23-24(30(21)2)31(13-12-22(34)37-3)26(36)32(25(23)35)15-18-6-4-5-7-20(18)27/h4-11,21,29H,12-15H2,1-3H3,(H,28,33). The monoisotopic (exact) mass is 509 g/mol. The smallest absolute Gasteiger partial charge is 0.333 e. The molecule has 1 aliphatic rings. The van der Waals surface area contributed by atoms with Crippen molar-refractivity contribution >= 4 is 29.1 Å². The van der Waals surface area contributed by atoms with E-state index in [0.29, 0.717) is 17.9 Å². The number of esters is 1. The van der Waals surface area contributed by atoms with Crippen LogP contribution in [0.5, 0.6) is 0 Å². The third kappa shape index (κ3) is 5.40. The van der Waals surface area contributed by atoms with E-state index in [9.17, 15) is 23.6 Å². The molecule has 0 fully saturated rings. The fraction of sp³-hybridized carbons (Fsp3) is 0.308. The molecule has 1 amide bonds. The lowest BCUT2D eigenvalue weighted by Crippen LogP contribution is -2.42. The molecule has 2 aromatic carbocycles. The summed E-state index contributed by atoms with van der Waals surface area (Å²) in [4.78, 5) is 51.8. The van der Waals surface area contributed by atoms with E-state index < -0.39 is 23.0 Å². The van der Waals surface area contributed by atoms with Crippen LogP contribution in [0.1, 0.15) is 24.5 Å². The molecule has 0 saturated heterocycles. The number of amides is 1. The minimum Gasteiger partial charge on any atom is -0.469 e. The molecule has 11 heteroatoms. The maximum atomic E-state index is 14.3. The molecule has 2 heterocycles. The van der Waals surface area contributed by atoms with Crippen molar-refractivity contribution in [3.05, 3.63) is 86.3 Å². The number of rotatable bonds is 8. The highest BCUT2D eigenvalue weighted by atomic mass is 19.1. The molecule has 194 valence electrons. The van der Waals surface area contributed by atoms with Gasteiger partial charge in [-0.2, -0.15) is 0 Å². The molecule has 2 N–H and O–H groups in total. The molecule has 0 saturated carbocycles. The first kappa shape index (κ1) is 25.7. The van der Waals surface area contributed by atoms with Crippen molar-refractivity contribution in [1.29, 1.82) is 0 Å². The first-order valence-corrected chi connectivity index (χ1v) is 11.7. The van der Waals surface area contributed by atoms with Crippen LogP contribution in [0.2, 0.25) is 0 Å². The van der Waals surface area contributed by atoms with Gasteiger partial charge in [0.1, 0.15) is 23.5 Å². The van der Waals surface area contributed by atoms with Gasteiger partial charge in [0.05, 0.1) is 20.1 Å². The molecule has 4 rings (SSSR count). The van der Waals surface area contributed by atoms with Gasteiger partial charge in [-0.25, -0.2) is 9.18 Å². The normalized spacial score (nSPS) is 14.2. The number of carbonyl (C=O) groups is 2. The number of nitrogens with one attached hydrogen (secondary N) is 2. The van der Waals surface area contributed by atoms with Crippen molar-refractivity contribution in [2.45, 2.75) is 39.0 Å². The van der Waals surface area contributed by atoms with Gasteiger partial charge in [-0.1, -0.05) is 30.3 Å². The molecule has 0 aliphatic carbocycles. The number of halogens is 1. The van der Waals surface area contributed by atoms with Crippen molar-refractivity contribution < 1.29 is 18.7 Å². The van der Waals surface area contributed by atoms with Gasteiger partial charge in [-0.15, -0.1) is 0 Å². The average molecular weight is 510 g/mol. The Bertz CT molecular complexity index is 1450. The lowest BCUT2D eigenvalue weighted by molar-refractivity contribution is -0.140. The first-order chi connectivity index (χ1) is 17.7. The average Bonchev–Trinajstić information content (AvgIpc) is 3.19. The zero-order valence-electron chi connectivity index (χ0n) is 20.8. The van der Waals surface area contributed by atoms with Crippen LogP contribution in [0.3, 0.4) is 0 Å². The van der Waals surface area contributed by atoms with Gasteiger partial charge in [0, 0.05) is 38.2 Å². The van der Waals surface area contributed by atoms with E-state index in [-0.39, 0.29) is 42.8 Å². The fourth-order valence-electron chi connectivity index (χ4n) is 4.37. The molecule has 1 aliphatic heterocycles. The Morgan fingerprint density at radius 2 is 1.78 bits per heavy atom. The highest BCUT2D eigenvalue weighted by Gasteiger charge is 2.33. The Balaban J connectivity index is 1.70. The molecule has 0 radical (unpaired) electrons. The number of likely N-dealkylation sites (N-methyl/N-ethyl adjacent to an activating group) is 1. The van der Waals surface area contributed by atoms with Gasteiger partial charge in [-0.3, -0.25) is 23.5 Å². The van der Waals surface area contributed by atoms with E-state index in [4.69, 9.17) is 4.74 Å². The van der Waals surface area contributed by atoms with Crippen molar-refractivity contribution in [2.24, 2.45) is 0 Å². The molecule has 37 heavy (non-hydrogen) atoms. The maximum Gasteiger partial charge on any atom is 0.333 e. The van der Waals surface area contributed by atoms with Crippen molar-refractivity contribution in [1.82, 2.24) is 9.13 Å². The van der Waals surface area contributed by atoms with Gasteiger partial charge in [0.2, 0.25) is 5.91 Å². The molecular weight excluding hydrogens is 481 g/mol. The Labute approximate surface area is 212 Å². The Kier molecular flexibility index (Phi) is 7.42. The van der Waals surface area contributed by atoms with E-state index >= 15 is 0 Å². The third-order valence-electron chi connectivity index (χ3n) is 6.27. The minimum absolute atomic E-state index is 0.0183. The van der Waals surface area contributed by atoms with Crippen molar-refractivity contribution in [2.75, 3.05) is 29.7 Å². The van der Waals surface area contributed by atoms with Crippen molar-refractivity contribution in [3.8, 4) is 0 Å². The number of hydrogen-bond donors (Lipinski definition) is 2. The SMILES string of the molecule is COC(=O)CCn1c2c(c(=O)n(Cc3ccccc3F)c1=O)NC(Cc1ccc(NC(C)=O)cc1)N2C. The summed E-state index contributed by atoms with van der Waals surface area (Å²) in [6.45, 7) is 1.16. The van der Waals surface area contributed by atoms with Crippen LogP contribution in [0, 0.1) is 5.82 Å². The van der Waals surface area contributed by atoms with Gasteiger partial charge >= 0.3 is 11.7 Å². The molecular formula is C26H28FN5O5. The number of nitrogens with zero attached hydrogens (tertiary/aromatic N) is 3. The van der Waals surface area contributed by atoms with Crippen LogP contribution >= 0.6 is 0 Å². The van der Waals surface area contributed by atoms with E-state index in [1.807, 2.05) is 12.1 Å². The van der Waals surface area contributed by atoms with Crippen LogP contribution in [-0.2, 0) is 33.8 Å². The Morgan fingerprint density at radius 3 is 2.43 bits per heavy atom. The molecule has 0 spiro atoms. The fourth-order valence-corrected chi connectivity index (χ4v) is 4.37. The summed E-state index contributed by atoms with van der Waals surface area (Å²) in [5, 5.41) is 5.93. The number of anilines is 3. The molecule has 1 unspecified atom stereocenters. The number of fused-ring (bicyclic) bond motifs is 1. The summed E-state index contributed by atoms with van der Waals surface area (Å²) >= 11 is 0. The lowest BCUT2D eigenvalue weighted by atomic mass is 10.1. The number of carbonyl (C=O) groups excluding carboxylic acids is 2. The summed E-state index contributed by atoms with van der Waals surface area (Å²) in [5.41, 5.74) is 0.769. The molecule has 0 bridgehead atoms. The molecule has 1 atom stereocenters. The second-order valence-corrected chi connectivity index (χ2v) is 8.79. The maximum absolute atomic E-state index is 14.3. The quantitative estimate of drug-likeness (QED) is 0.447. The summed E-state index contributed by atoms with van der Waals surface area (Å²) in [6, 6.07) is 13.2. The summed E-state index contributed by atoms with van der Waals surface area (Å²) in [6.07, 6.45) is 0.0234. The highest BCUT2D eigenvalue weighted by Crippen LogP contribution is 2.31. The second kappa shape index (κ2) is 10.7. The third-order valence-corrected chi connectivity index (χ3v) is 6.27. The van der Waals surface area contributed by atoms with Crippen LogP contribution in [0.4, 0.5) is 21.6 Å². The first-order valence-electron chi connectivity index (χ1n) is 11.7. The Hall–Kier alpha value is -4.41. The van der Waals surface area contributed by atoms with Gasteiger partial charge < -0.3 is 20.3 Å². The minimum atomic E-state index is -0.648. The van der Waals surface area contributed by atoms with Gasteiger partial charge in [-0.05, 0) is 23.8 Å². The Morgan fingerprint density at radius 1 is 1.08 bits per heavy atom.